The van der Waals surface area contributed by atoms with E-state index in [1.165, 1.54) is 6.92 Å². The SMILES string of the molecule is COc1ccccc1C=Nc1ccc(NC(C)=O)cc1. The number of para-hydroxylation sites is 1. The van der Waals surface area contributed by atoms with Crippen molar-refractivity contribution in [1.29, 1.82) is 0 Å². The molecule has 0 aliphatic carbocycles. The van der Waals surface area contributed by atoms with Crippen molar-refractivity contribution in [2.24, 2.45) is 4.99 Å². The molecule has 0 bridgehead atoms. The number of ether oxygens (including phenoxy) is 1. The lowest BCUT2D eigenvalue weighted by Crippen LogP contribution is -2.04. The van der Waals surface area contributed by atoms with Crippen LogP contribution in [0, 0.1) is 0 Å². The minimum absolute atomic E-state index is 0.0877. The van der Waals surface area contributed by atoms with E-state index in [-0.39, 0.29) is 5.91 Å². The summed E-state index contributed by atoms with van der Waals surface area (Å²) in [5.41, 5.74) is 2.49. The molecule has 0 atom stereocenters. The summed E-state index contributed by atoms with van der Waals surface area (Å²) in [6, 6.07) is 15.0. The van der Waals surface area contributed by atoms with E-state index in [0.29, 0.717) is 0 Å². The number of nitrogens with one attached hydrogen (secondary N) is 1. The van der Waals surface area contributed by atoms with E-state index in [9.17, 15) is 4.79 Å². The van der Waals surface area contributed by atoms with E-state index >= 15 is 0 Å². The predicted octanol–water partition coefficient (Wildman–Crippen LogP) is 3.40. The average Bonchev–Trinajstić information content (AvgIpc) is 2.46. The van der Waals surface area contributed by atoms with Gasteiger partial charge in [0, 0.05) is 24.4 Å². The third-order valence-electron chi connectivity index (χ3n) is 2.68. The summed E-state index contributed by atoms with van der Waals surface area (Å²) >= 11 is 0. The van der Waals surface area contributed by atoms with E-state index < -0.39 is 0 Å². The Morgan fingerprint density at radius 2 is 1.85 bits per heavy atom. The maximum atomic E-state index is 10.9. The van der Waals surface area contributed by atoms with Crippen molar-refractivity contribution in [3.63, 3.8) is 0 Å². The maximum Gasteiger partial charge on any atom is 0.221 e. The van der Waals surface area contributed by atoms with Crippen molar-refractivity contribution >= 4 is 23.5 Å². The molecule has 0 saturated heterocycles. The summed E-state index contributed by atoms with van der Waals surface area (Å²) in [5.74, 6) is 0.696. The van der Waals surface area contributed by atoms with Crippen molar-refractivity contribution in [1.82, 2.24) is 0 Å². The fraction of sp³-hybridized carbons (Fsp3) is 0.125. The van der Waals surface area contributed by atoms with E-state index in [4.69, 9.17) is 4.74 Å². The normalized spacial score (nSPS) is 10.5. The van der Waals surface area contributed by atoms with Crippen LogP contribution in [0.3, 0.4) is 0 Å². The number of benzene rings is 2. The lowest BCUT2D eigenvalue weighted by Gasteiger charge is -2.03. The molecule has 102 valence electrons. The number of hydrogen-bond donors (Lipinski definition) is 1. The van der Waals surface area contributed by atoms with Crippen LogP contribution in [-0.4, -0.2) is 19.2 Å². The summed E-state index contributed by atoms with van der Waals surface area (Å²) in [7, 11) is 1.63. The number of carbonyl (C=O) groups excluding carboxylic acids is 1. The van der Waals surface area contributed by atoms with Gasteiger partial charge in [-0.2, -0.15) is 0 Å². The number of aliphatic imine (C=N–C) groups is 1. The minimum Gasteiger partial charge on any atom is -0.496 e. The van der Waals surface area contributed by atoms with Gasteiger partial charge in [0.05, 0.1) is 12.8 Å². The summed E-state index contributed by atoms with van der Waals surface area (Å²) in [6.45, 7) is 1.48. The van der Waals surface area contributed by atoms with Crippen molar-refractivity contribution in [3.05, 3.63) is 54.1 Å². The second kappa shape index (κ2) is 6.52. The van der Waals surface area contributed by atoms with Gasteiger partial charge in [0.2, 0.25) is 5.91 Å². The van der Waals surface area contributed by atoms with Crippen LogP contribution in [0.25, 0.3) is 0 Å². The molecular weight excluding hydrogens is 252 g/mol. The molecule has 0 aliphatic rings. The quantitative estimate of drug-likeness (QED) is 0.864. The van der Waals surface area contributed by atoms with E-state index in [1.54, 1.807) is 13.3 Å². The number of methoxy groups -OCH3 is 1. The van der Waals surface area contributed by atoms with Crippen LogP contribution in [0.15, 0.2) is 53.5 Å². The molecule has 1 N–H and O–H groups in total. The predicted molar refractivity (Wildman–Crippen MR) is 81.0 cm³/mol. The number of nitrogens with zero attached hydrogens (tertiary/aromatic N) is 1. The topological polar surface area (TPSA) is 50.7 Å². The van der Waals surface area contributed by atoms with Crippen molar-refractivity contribution in [2.75, 3.05) is 12.4 Å². The van der Waals surface area contributed by atoms with E-state index in [0.717, 1.165) is 22.7 Å². The number of anilines is 1. The number of hydrogen-bond acceptors (Lipinski definition) is 3. The first-order valence-electron chi connectivity index (χ1n) is 6.24. The Labute approximate surface area is 118 Å². The summed E-state index contributed by atoms with van der Waals surface area (Å²) in [6.07, 6.45) is 1.76. The zero-order chi connectivity index (χ0) is 14.4. The van der Waals surface area contributed by atoms with Crippen LogP contribution >= 0.6 is 0 Å². The van der Waals surface area contributed by atoms with Crippen LogP contribution in [0.1, 0.15) is 12.5 Å². The Morgan fingerprint density at radius 1 is 1.15 bits per heavy atom. The van der Waals surface area contributed by atoms with Crippen molar-refractivity contribution < 1.29 is 9.53 Å². The lowest BCUT2D eigenvalue weighted by molar-refractivity contribution is -0.114. The highest BCUT2D eigenvalue weighted by molar-refractivity contribution is 5.89. The molecule has 0 saturated carbocycles. The van der Waals surface area contributed by atoms with Gasteiger partial charge in [0.1, 0.15) is 5.75 Å². The first-order valence-corrected chi connectivity index (χ1v) is 6.24. The first kappa shape index (κ1) is 13.8. The van der Waals surface area contributed by atoms with Gasteiger partial charge >= 0.3 is 0 Å². The third kappa shape index (κ3) is 3.68. The number of amides is 1. The van der Waals surface area contributed by atoms with Gasteiger partial charge in [-0.25, -0.2) is 0 Å². The van der Waals surface area contributed by atoms with Crippen LogP contribution < -0.4 is 10.1 Å². The monoisotopic (exact) mass is 268 g/mol. The van der Waals surface area contributed by atoms with Gasteiger partial charge in [-0.05, 0) is 36.4 Å². The molecule has 0 aromatic heterocycles. The molecule has 1 amide bonds. The molecule has 0 spiro atoms. The summed E-state index contributed by atoms with van der Waals surface area (Å²) in [4.78, 5) is 15.3. The van der Waals surface area contributed by atoms with Crippen LogP contribution in [0.5, 0.6) is 5.75 Å². The zero-order valence-corrected chi connectivity index (χ0v) is 11.5. The number of carbonyl (C=O) groups is 1. The molecule has 0 radical (unpaired) electrons. The maximum absolute atomic E-state index is 10.9. The standard InChI is InChI=1S/C16H16N2O2/c1-12(19)18-15-9-7-14(8-10-15)17-11-13-5-3-4-6-16(13)20-2/h3-11H,1-2H3,(H,18,19). The van der Waals surface area contributed by atoms with Gasteiger partial charge in [-0.15, -0.1) is 0 Å². The molecule has 0 unspecified atom stereocenters. The highest BCUT2D eigenvalue weighted by atomic mass is 16.5. The molecule has 2 rings (SSSR count). The molecule has 20 heavy (non-hydrogen) atoms. The van der Waals surface area contributed by atoms with Gasteiger partial charge in [-0.1, -0.05) is 12.1 Å². The van der Waals surface area contributed by atoms with Crippen LogP contribution in [0.2, 0.25) is 0 Å². The van der Waals surface area contributed by atoms with Crippen LogP contribution in [0.4, 0.5) is 11.4 Å². The van der Waals surface area contributed by atoms with Crippen molar-refractivity contribution in [3.8, 4) is 5.75 Å². The Balaban J connectivity index is 2.13. The lowest BCUT2D eigenvalue weighted by atomic mass is 10.2. The highest BCUT2D eigenvalue weighted by Crippen LogP contribution is 2.19. The van der Waals surface area contributed by atoms with E-state index in [1.807, 2.05) is 48.5 Å². The minimum atomic E-state index is -0.0877. The number of rotatable bonds is 4. The highest BCUT2D eigenvalue weighted by Gasteiger charge is 1.98. The van der Waals surface area contributed by atoms with Crippen molar-refractivity contribution in [2.45, 2.75) is 6.92 Å². The fourth-order valence-corrected chi connectivity index (χ4v) is 1.75. The average molecular weight is 268 g/mol. The Kier molecular flexibility index (Phi) is 4.50. The molecule has 0 fully saturated rings. The van der Waals surface area contributed by atoms with Gasteiger partial charge in [-0.3, -0.25) is 9.79 Å². The van der Waals surface area contributed by atoms with E-state index in [2.05, 4.69) is 10.3 Å². The second-order valence-electron chi connectivity index (χ2n) is 4.23. The second-order valence-corrected chi connectivity index (χ2v) is 4.23. The van der Waals surface area contributed by atoms with Gasteiger partial charge < -0.3 is 10.1 Å². The smallest absolute Gasteiger partial charge is 0.221 e. The molecule has 0 heterocycles. The molecule has 0 aliphatic heterocycles. The molecule has 4 nitrogen and oxygen atoms in total. The molecule has 2 aromatic rings. The molecule has 4 heteroatoms. The summed E-state index contributed by atoms with van der Waals surface area (Å²) in [5, 5.41) is 2.71. The Morgan fingerprint density at radius 3 is 2.50 bits per heavy atom. The zero-order valence-electron chi connectivity index (χ0n) is 11.5. The van der Waals surface area contributed by atoms with Gasteiger partial charge in [0.15, 0.2) is 0 Å². The molecule has 2 aromatic carbocycles. The summed E-state index contributed by atoms with van der Waals surface area (Å²) < 4.78 is 5.26. The molecular formula is C16H16N2O2. The van der Waals surface area contributed by atoms with Gasteiger partial charge in [0.25, 0.3) is 0 Å². The van der Waals surface area contributed by atoms with Crippen LogP contribution in [-0.2, 0) is 4.79 Å². The third-order valence-corrected chi connectivity index (χ3v) is 2.68. The fourth-order valence-electron chi connectivity index (χ4n) is 1.75. The largest absolute Gasteiger partial charge is 0.496 e. The first-order chi connectivity index (χ1) is 9.69. The Bertz CT molecular complexity index is 619. The Hall–Kier alpha value is -2.62.